The maximum absolute atomic E-state index is 13.3. The van der Waals surface area contributed by atoms with Crippen molar-refractivity contribution in [2.75, 3.05) is 6.61 Å². The van der Waals surface area contributed by atoms with Crippen molar-refractivity contribution in [2.24, 2.45) is 40.4 Å². The summed E-state index contributed by atoms with van der Waals surface area (Å²) in [4.78, 5) is 13.3. The number of fused-ring (bicyclic) bond motifs is 4. The van der Waals surface area contributed by atoms with Crippen LogP contribution >= 0.6 is 0 Å². The van der Waals surface area contributed by atoms with Crippen LogP contribution in [0.15, 0.2) is 11.3 Å². The molecule has 2 fully saturated rings. The molecular formula is C29H48O4. The normalized spacial score (nSPS) is 40.2. The molecule has 0 amide bonds. The molecule has 2 saturated carbocycles. The van der Waals surface area contributed by atoms with Gasteiger partial charge in [-0.25, -0.2) is 0 Å². The molecule has 0 aromatic heterocycles. The zero-order valence-corrected chi connectivity index (χ0v) is 22.0. The number of hydrogen-bond acceptors (Lipinski definition) is 4. The predicted molar refractivity (Wildman–Crippen MR) is 131 cm³/mol. The topological polar surface area (TPSA) is 55.8 Å². The lowest BCUT2D eigenvalue weighted by atomic mass is 9.54. The van der Waals surface area contributed by atoms with Crippen LogP contribution in [-0.4, -0.2) is 29.9 Å². The van der Waals surface area contributed by atoms with Gasteiger partial charge in [-0.3, -0.25) is 4.79 Å². The standard InChI is InChI=1S/C29H48O4/c1-18(2)8-7-9-19(3)22-10-11-23-26-24(13-15-28(22,23)5)29(6)14-12-21(32-17-20(4)30)16-25(29)27(31)33-26/h18-23,25,30H,7-17H2,1-6H3/t19-,20?,21+,22-,23+,25-,28-,29-/m1/s1. The Morgan fingerprint density at radius 2 is 1.82 bits per heavy atom. The highest BCUT2D eigenvalue weighted by atomic mass is 16.5. The van der Waals surface area contributed by atoms with Crippen LogP contribution in [0.5, 0.6) is 0 Å². The van der Waals surface area contributed by atoms with Crippen LogP contribution in [0.4, 0.5) is 0 Å². The predicted octanol–water partition coefficient (Wildman–Crippen LogP) is 6.66. The molecule has 0 spiro atoms. The summed E-state index contributed by atoms with van der Waals surface area (Å²) < 4.78 is 12.2. The van der Waals surface area contributed by atoms with Gasteiger partial charge in [-0.05, 0) is 80.6 Å². The van der Waals surface area contributed by atoms with E-state index in [-0.39, 0.29) is 28.8 Å². The molecule has 0 aromatic carbocycles. The first-order valence-corrected chi connectivity index (χ1v) is 13.8. The highest BCUT2D eigenvalue weighted by Crippen LogP contribution is 2.65. The maximum atomic E-state index is 13.3. The zero-order valence-electron chi connectivity index (χ0n) is 22.0. The molecule has 1 N–H and O–H groups in total. The van der Waals surface area contributed by atoms with Crippen LogP contribution in [0, 0.1) is 40.4 Å². The third-order valence-electron chi connectivity index (χ3n) is 10.1. The molecular weight excluding hydrogens is 412 g/mol. The molecule has 188 valence electrons. The molecule has 1 aliphatic heterocycles. The minimum Gasteiger partial charge on any atom is -0.431 e. The van der Waals surface area contributed by atoms with Crippen LogP contribution in [0.3, 0.4) is 0 Å². The van der Waals surface area contributed by atoms with E-state index in [0.29, 0.717) is 12.5 Å². The van der Waals surface area contributed by atoms with Crippen molar-refractivity contribution in [1.82, 2.24) is 0 Å². The molecule has 0 aromatic rings. The highest BCUT2D eigenvalue weighted by Gasteiger charge is 2.59. The van der Waals surface area contributed by atoms with Gasteiger partial charge in [-0.15, -0.1) is 0 Å². The zero-order chi connectivity index (χ0) is 24.0. The number of carbonyl (C=O) groups excluding carboxylic acids is 1. The number of aliphatic hydroxyl groups excluding tert-OH is 1. The quantitative estimate of drug-likeness (QED) is 0.412. The van der Waals surface area contributed by atoms with Crippen molar-refractivity contribution in [3.63, 3.8) is 0 Å². The van der Waals surface area contributed by atoms with Crippen LogP contribution in [0.25, 0.3) is 0 Å². The molecule has 4 rings (SSSR count). The molecule has 0 bridgehead atoms. The first kappa shape index (κ1) is 25.2. The summed E-state index contributed by atoms with van der Waals surface area (Å²) >= 11 is 0. The fraction of sp³-hybridized carbons (Fsp3) is 0.897. The van der Waals surface area contributed by atoms with Crippen molar-refractivity contribution < 1.29 is 19.4 Å². The summed E-state index contributed by atoms with van der Waals surface area (Å²) in [5, 5.41) is 9.59. The summed E-state index contributed by atoms with van der Waals surface area (Å²) in [5.74, 6) is 3.61. The van der Waals surface area contributed by atoms with Gasteiger partial charge in [0.2, 0.25) is 0 Å². The fourth-order valence-corrected chi connectivity index (χ4v) is 8.07. The second kappa shape index (κ2) is 9.64. The highest BCUT2D eigenvalue weighted by molar-refractivity contribution is 5.77. The van der Waals surface area contributed by atoms with E-state index < -0.39 is 6.10 Å². The minimum absolute atomic E-state index is 0.0284. The third kappa shape index (κ3) is 4.68. The van der Waals surface area contributed by atoms with E-state index in [4.69, 9.17) is 9.47 Å². The largest absolute Gasteiger partial charge is 0.431 e. The molecule has 33 heavy (non-hydrogen) atoms. The molecule has 4 heteroatoms. The average Bonchev–Trinajstić information content (AvgIpc) is 3.10. The van der Waals surface area contributed by atoms with Crippen LogP contribution < -0.4 is 0 Å². The Morgan fingerprint density at radius 3 is 2.52 bits per heavy atom. The Balaban J connectivity index is 1.51. The molecule has 4 nitrogen and oxygen atoms in total. The van der Waals surface area contributed by atoms with E-state index in [1.54, 1.807) is 6.92 Å². The number of rotatable bonds is 8. The summed E-state index contributed by atoms with van der Waals surface area (Å²) in [7, 11) is 0. The molecule has 0 radical (unpaired) electrons. The van der Waals surface area contributed by atoms with Gasteiger partial charge in [-0.1, -0.05) is 53.9 Å². The smallest absolute Gasteiger partial charge is 0.315 e. The number of ether oxygens (including phenoxy) is 2. The number of allylic oxidation sites excluding steroid dienone is 2. The van der Waals surface area contributed by atoms with Gasteiger partial charge in [0, 0.05) is 11.3 Å². The minimum atomic E-state index is -0.468. The van der Waals surface area contributed by atoms with Gasteiger partial charge in [0.25, 0.3) is 0 Å². The van der Waals surface area contributed by atoms with E-state index in [2.05, 4.69) is 34.6 Å². The van der Waals surface area contributed by atoms with E-state index in [1.165, 1.54) is 44.1 Å². The maximum Gasteiger partial charge on any atom is 0.315 e. The van der Waals surface area contributed by atoms with E-state index in [1.807, 2.05) is 0 Å². The van der Waals surface area contributed by atoms with Gasteiger partial charge >= 0.3 is 5.97 Å². The number of esters is 1. The lowest BCUT2D eigenvalue weighted by Gasteiger charge is -2.53. The molecule has 8 atom stereocenters. The van der Waals surface area contributed by atoms with Crippen molar-refractivity contribution in [3.05, 3.63) is 11.3 Å². The van der Waals surface area contributed by atoms with Crippen LogP contribution in [0.2, 0.25) is 0 Å². The van der Waals surface area contributed by atoms with Crippen LogP contribution in [0.1, 0.15) is 106 Å². The Hall–Kier alpha value is -0.870. The summed E-state index contributed by atoms with van der Waals surface area (Å²) in [6.07, 6.45) is 11.0. The molecule has 1 unspecified atom stereocenters. The lowest BCUT2D eigenvalue weighted by Crippen LogP contribution is -2.50. The van der Waals surface area contributed by atoms with Crippen molar-refractivity contribution in [3.8, 4) is 0 Å². The van der Waals surface area contributed by atoms with Gasteiger partial charge in [0.05, 0.1) is 24.7 Å². The van der Waals surface area contributed by atoms with Crippen LogP contribution in [-0.2, 0) is 14.3 Å². The summed E-state index contributed by atoms with van der Waals surface area (Å²) in [6, 6.07) is 0. The average molecular weight is 461 g/mol. The Labute approximate surface area is 201 Å². The second-order valence-electron chi connectivity index (χ2n) is 12.9. The monoisotopic (exact) mass is 460 g/mol. The number of carbonyl (C=O) groups is 1. The first-order valence-electron chi connectivity index (χ1n) is 13.8. The van der Waals surface area contributed by atoms with Crippen molar-refractivity contribution >= 4 is 5.97 Å². The third-order valence-corrected chi connectivity index (χ3v) is 10.1. The van der Waals surface area contributed by atoms with Gasteiger partial charge in [-0.2, -0.15) is 0 Å². The second-order valence-corrected chi connectivity index (χ2v) is 12.9. The Kier molecular flexibility index (Phi) is 7.37. The van der Waals surface area contributed by atoms with Crippen molar-refractivity contribution in [1.29, 1.82) is 0 Å². The Morgan fingerprint density at radius 1 is 1.06 bits per heavy atom. The SMILES string of the molecule is CC(C)CCC[C@@H](C)[C@H]1CC[C@H]2C3=C(CC[C@]12C)[C@@]1(C)CC[C@H](OCC(C)O)C[C@@H]1C(=O)O3. The van der Waals surface area contributed by atoms with Gasteiger partial charge < -0.3 is 14.6 Å². The molecule has 3 aliphatic carbocycles. The van der Waals surface area contributed by atoms with E-state index in [9.17, 15) is 9.90 Å². The fourth-order valence-electron chi connectivity index (χ4n) is 8.07. The number of aliphatic hydroxyl groups is 1. The van der Waals surface area contributed by atoms with E-state index in [0.717, 1.165) is 49.2 Å². The molecule has 1 heterocycles. The summed E-state index contributed by atoms with van der Waals surface area (Å²) in [5.41, 5.74) is 1.63. The van der Waals surface area contributed by atoms with Gasteiger partial charge in [0.15, 0.2) is 0 Å². The molecule has 0 saturated heterocycles. The summed E-state index contributed by atoms with van der Waals surface area (Å²) in [6.45, 7) is 14.0. The first-order chi connectivity index (χ1) is 15.6. The van der Waals surface area contributed by atoms with Crippen molar-refractivity contribution in [2.45, 2.75) is 118 Å². The van der Waals surface area contributed by atoms with Gasteiger partial charge in [0.1, 0.15) is 5.76 Å². The number of hydrogen-bond donors (Lipinski definition) is 1. The molecule has 4 aliphatic rings. The van der Waals surface area contributed by atoms with E-state index >= 15 is 0 Å². The lowest BCUT2D eigenvalue weighted by molar-refractivity contribution is -0.161. The Bertz CT molecular complexity index is 755.